The van der Waals surface area contributed by atoms with Crippen LogP contribution >= 0.6 is 0 Å². The molecule has 0 atom stereocenters. The van der Waals surface area contributed by atoms with Gasteiger partial charge in [-0.3, -0.25) is 0 Å². The maximum Gasteiger partial charge on any atom is 0.244 e. The largest absolute Gasteiger partial charge is 0.530 e. The molecule has 0 N–H and O–H groups in total. The molecule has 0 aliphatic carbocycles. The summed E-state index contributed by atoms with van der Waals surface area (Å²) in [6, 6.07) is 20.2. The highest BCUT2D eigenvalue weighted by Gasteiger charge is 2.21. The third-order valence-corrected chi connectivity index (χ3v) is 4.06. The van der Waals surface area contributed by atoms with Crippen molar-refractivity contribution in [2.24, 2.45) is 0 Å². The Bertz CT molecular complexity index is 783. The first-order valence-corrected chi connectivity index (χ1v) is 11.1. The van der Waals surface area contributed by atoms with Crippen molar-refractivity contribution in [3.63, 3.8) is 0 Å². The molecule has 4 heteroatoms. The van der Waals surface area contributed by atoms with Gasteiger partial charge in [0.05, 0.1) is 11.9 Å². The Morgan fingerprint density at radius 3 is 1.91 bits per heavy atom. The molecule has 23 heavy (non-hydrogen) atoms. The van der Waals surface area contributed by atoms with Crippen molar-refractivity contribution >= 4 is 8.32 Å². The second kappa shape index (κ2) is 6.34. The van der Waals surface area contributed by atoms with E-state index in [2.05, 4.69) is 24.6 Å². The Morgan fingerprint density at radius 1 is 0.783 bits per heavy atom. The van der Waals surface area contributed by atoms with Gasteiger partial charge in [-0.25, -0.2) is 9.97 Å². The lowest BCUT2D eigenvalue weighted by Gasteiger charge is -2.20. The normalized spacial score (nSPS) is 11.3. The first-order chi connectivity index (χ1) is 11.0. The Morgan fingerprint density at radius 2 is 1.35 bits per heavy atom. The fourth-order valence-corrected chi connectivity index (χ4v) is 3.00. The van der Waals surface area contributed by atoms with Gasteiger partial charge in [0.25, 0.3) is 0 Å². The number of rotatable bonds is 4. The van der Waals surface area contributed by atoms with E-state index < -0.39 is 8.32 Å². The average Bonchev–Trinajstić information content (AvgIpc) is 2.55. The summed E-state index contributed by atoms with van der Waals surface area (Å²) in [7, 11) is -1.76. The molecule has 0 unspecified atom stereocenters. The third kappa shape index (κ3) is 3.84. The minimum atomic E-state index is -1.76. The molecule has 0 spiro atoms. The van der Waals surface area contributed by atoms with Crippen LogP contribution in [0.5, 0.6) is 5.88 Å². The van der Waals surface area contributed by atoms with Crippen LogP contribution in [-0.4, -0.2) is 18.3 Å². The van der Waals surface area contributed by atoms with Crippen LogP contribution in [0, 0.1) is 0 Å². The van der Waals surface area contributed by atoms with Gasteiger partial charge >= 0.3 is 0 Å². The highest BCUT2D eigenvalue weighted by Crippen LogP contribution is 2.30. The molecule has 0 fully saturated rings. The fourth-order valence-electron chi connectivity index (χ4n) is 2.27. The van der Waals surface area contributed by atoms with E-state index in [4.69, 9.17) is 9.41 Å². The van der Waals surface area contributed by atoms with E-state index in [1.807, 2.05) is 60.7 Å². The summed E-state index contributed by atoms with van der Waals surface area (Å²) in [4.78, 5) is 9.40. The smallest absolute Gasteiger partial charge is 0.244 e. The molecule has 3 aromatic rings. The number of nitrogens with zero attached hydrogens (tertiary/aromatic N) is 2. The molecule has 0 aliphatic heterocycles. The first-order valence-electron chi connectivity index (χ1n) is 7.70. The van der Waals surface area contributed by atoms with Gasteiger partial charge in [-0.2, -0.15) is 0 Å². The fraction of sp³-hybridized carbons (Fsp3) is 0.158. The third-order valence-electron chi connectivity index (χ3n) is 3.26. The maximum absolute atomic E-state index is 6.14. The van der Waals surface area contributed by atoms with Crippen molar-refractivity contribution in [1.82, 2.24) is 9.97 Å². The Hall–Kier alpha value is -2.46. The molecule has 0 bridgehead atoms. The van der Waals surface area contributed by atoms with Gasteiger partial charge in [-0.05, 0) is 19.6 Å². The molecule has 0 amide bonds. The quantitative estimate of drug-likeness (QED) is 0.633. The van der Waals surface area contributed by atoms with Gasteiger partial charge in [-0.1, -0.05) is 60.7 Å². The summed E-state index contributed by atoms with van der Waals surface area (Å²) in [6.45, 7) is 6.44. The van der Waals surface area contributed by atoms with Crippen molar-refractivity contribution in [2.45, 2.75) is 19.6 Å². The minimum Gasteiger partial charge on any atom is -0.530 e. The zero-order valence-electron chi connectivity index (χ0n) is 13.7. The van der Waals surface area contributed by atoms with Crippen LogP contribution in [0.3, 0.4) is 0 Å². The highest BCUT2D eigenvalue weighted by atomic mass is 28.4. The van der Waals surface area contributed by atoms with Gasteiger partial charge in [0, 0.05) is 11.1 Å². The minimum absolute atomic E-state index is 0.620. The second-order valence-corrected chi connectivity index (χ2v) is 10.8. The van der Waals surface area contributed by atoms with Gasteiger partial charge in [0.1, 0.15) is 5.69 Å². The summed E-state index contributed by atoms with van der Waals surface area (Å²) >= 11 is 0. The van der Waals surface area contributed by atoms with Crippen LogP contribution in [0.4, 0.5) is 0 Å². The van der Waals surface area contributed by atoms with E-state index in [0.717, 1.165) is 22.5 Å². The van der Waals surface area contributed by atoms with Crippen LogP contribution in [0.1, 0.15) is 0 Å². The molecule has 116 valence electrons. The highest BCUT2D eigenvalue weighted by molar-refractivity contribution is 6.70. The van der Waals surface area contributed by atoms with Gasteiger partial charge < -0.3 is 4.43 Å². The van der Waals surface area contributed by atoms with Crippen LogP contribution in [0.25, 0.3) is 22.5 Å². The molecule has 0 saturated carbocycles. The number of hydrogen-bond acceptors (Lipinski definition) is 3. The van der Waals surface area contributed by atoms with Crippen molar-refractivity contribution in [1.29, 1.82) is 0 Å². The predicted octanol–water partition coefficient (Wildman–Crippen LogP) is 5.02. The molecule has 0 saturated heterocycles. The summed E-state index contributed by atoms with van der Waals surface area (Å²) in [6.07, 6.45) is 1.79. The lowest BCUT2D eigenvalue weighted by atomic mass is 10.1. The average molecular weight is 320 g/mol. The summed E-state index contributed by atoms with van der Waals surface area (Å²) < 4.78 is 6.14. The van der Waals surface area contributed by atoms with Crippen LogP contribution in [0.2, 0.25) is 19.6 Å². The lowest BCUT2D eigenvalue weighted by Crippen LogP contribution is -2.30. The van der Waals surface area contributed by atoms with E-state index in [1.165, 1.54) is 0 Å². The monoisotopic (exact) mass is 320 g/mol. The van der Waals surface area contributed by atoms with E-state index in [1.54, 1.807) is 6.20 Å². The molecule has 0 radical (unpaired) electrons. The van der Waals surface area contributed by atoms with E-state index in [9.17, 15) is 0 Å². The van der Waals surface area contributed by atoms with E-state index in [-0.39, 0.29) is 0 Å². The lowest BCUT2D eigenvalue weighted by molar-refractivity contribution is 0.533. The molecule has 3 rings (SSSR count). The summed E-state index contributed by atoms with van der Waals surface area (Å²) in [5.41, 5.74) is 3.73. The zero-order chi connectivity index (χ0) is 16.3. The van der Waals surface area contributed by atoms with Crippen LogP contribution in [0.15, 0.2) is 66.9 Å². The van der Waals surface area contributed by atoms with Crippen molar-refractivity contribution in [2.75, 3.05) is 0 Å². The Balaban J connectivity index is 2.11. The molecule has 1 heterocycles. The predicted molar refractivity (Wildman–Crippen MR) is 96.9 cm³/mol. The molecule has 2 aromatic carbocycles. The van der Waals surface area contributed by atoms with Gasteiger partial charge in [0.15, 0.2) is 0 Å². The van der Waals surface area contributed by atoms with Crippen molar-refractivity contribution in [3.05, 3.63) is 66.9 Å². The van der Waals surface area contributed by atoms with Crippen molar-refractivity contribution in [3.8, 4) is 28.4 Å². The molecular formula is C19H20N2OSi. The number of aromatic nitrogens is 2. The van der Waals surface area contributed by atoms with E-state index in [0.29, 0.717) is 5.88 Å². The molecule has 1 aromatic heterocycles. The zero-order valence-corrected chi connectivity index (χ0v) is 14.7. The topological polar surface area (TPSA) is 35.0 Å². The Kier molecular flexibility index (Phi) is 4.26. The Labute approximate surface area is 138 Å². The van der Waals surface area contributed by atoms with Gasteiger partial charge in [-0.15, -0.1) is 0 Å². The maximum atomic E-state index is 6.14. The SMILES string of the molecule is C[Si](C)(C)Oc1ncc(-c2ccccc2)nc1-c1ccccc1. The standard InChI is InChI=1S/C19H20N2OSi/c1-23(2,3)22-19-18(16-12-8-5-9-13-16)21-17(14-20-19)15-10-6-4-7-11-15/h4-14H,1-3H3. The molecule has 3 nitrogen and oxygen atoms in total. The van der Waals surface area contributed by atoms with E-state index >= 15 is 0 Å². The molecular weight excluding hydrogens is 300 g/mol. The van der Waals surface area contributed by atoms with Crippen LogP contribution in [-0.2, 0) is 0 Å². The second-order valence-electron chi connectivity index (χ2n) is 6.36. The number of hydrogen-bond donors (Lipinski definition) is 0. The first kappa shape index (κ1) is 15.4. The van der Waals surface area contributed by atoms with Crippen molar-refractivity contribution < 1.29 is 4.43 Å². The summed E-state index contributed by atoms with van der Waals surface area (Å²) in [5, 5.41) is 0. The van der Waals surface area contributed by atoms with Gasteiger partial charge in [0.2, 0.25) is 14.2 Å². The molecule has 0 aliphatic rings. The van der Waals surface area contributed by atoms with Crippen LogP contribution < -0.4 is 4.43 Å². The number of benzene rings is 2. The summed E-state index contributed by atoms with van der Waals surface area (Å²) in [5.74, 6) is 0.620.